The van der Waals surface area contributed by atoms with Crippen molar-refractivity contribution in [1.82, 2.24) is 5.32 Å². The Hall–Kier alpha value is -3.94. The van der Waals surface area contributed by atoms with E-state index in [2.05, 4.69) is 16.0 Å². The summed E-state index contributed by atoms with van der Waals surface area (Å²) in [5.41, 5.74) is 2.62. The largest absolute Gasteiger partial charge is 0.451 e. The van der Waals surface area contributed by atoms with Crippen LogP contribution in [0.15, 0.2) is 89.4 Å². The maximum Gasteiger partial charge on any atom is 0.291 e. The predicted octanol–water partition coefficient (Wildman–Crippen LogP) is 5.86. The van der Waals surface area contributed by atoms with Gasteiger partial charge in [-0.25, -0.2) is 0 Å². The Labute approximate surface area is 200 Å². The zero-order chi connectivity index (χ0) is 23.2. The van der Waals surface area contributed by atoms with Crippen molar-refractivity contribution in [2.75, 3.05) is 10.6 Å². The average Bonchev–Trinajstić information content (AvgIpc) is 3.23. The summed E-state index contributed by atoms with van der Waals surface area (Å²) in [5.74, 6) is -0.534. The molecule has 0 aliphatic rings. The van der Waals surface area contributed by atoms with Gasteiger partial charge in [0.25, 0.3) is 5.91 Å². The fourth-order valence-corrected chi connectivity index (χ4v) is 3.37. The monoisotopic (exact) mass is 475 g/mol. The van der Waals surface area contributed by atoms with Crippen LogP contribution in [0.25, 0.3) is 17.0 Å². The Bertz CT molecular complexity index is 1330. The molecule has 3 aromatic carbocycles. The van der Waals surface area contributed by atoms with Crippen LogP contribution in [0.4, 0.5) is 11.4 Å². The van der Waals surface area contributed by atoms with Crippen LogP contribution in [0.1, 0.15) is 16.1 Å². The summed E-state index contributed by atoms with van der Waals surface area (Å²) in [5, 5.41) is 9.90. The van der Waals surface area contributed by atoms with Crippen molar-refractivity contribution in [1.29, 1.82) is 0 Å². The number of furan rings is 1. The Kier molecular flexibility index (Phi) is 6.83. The summed E-state index contributed by atoms with van der Waals surface area (Å²) in [6.45, 7) is 0. The van der Waals surface area contributed by atoms with Gasteiger partial charge in [0.15, 0.2) is 10.9 Å². The third kappa shape index (κ3) is 6.06. The van der Waals surface area contributed by atoms with E-state index in [4.69, 9.17) is 28.2 Å². The molecule has 0 fully saturated rings. The number of amides is 2. The van der Waals surface area contributed by atoms with Crippen molar-refractivity contribution < 1.29 is 14.0 Å². The lowest BCUT2D eigenvalue weighted by molar-refractivity contribution is -0.115. The fraction of sp³-hybridized carbons (Fsp3) is 0. The van der Waals surface area contributed by atoms with Gasteiger partial charge >= 0.3 is 0 Å². The molecule has 0 atom stereocenters. The summed E-state index contributed by atoms with van der Waals surface area (Å²) in [6, 6.07) is 23.1. The van der Waals surface area contributed by atoms with E-state index < -0.39 is 0 Å². The van der Waals surface area contributed by atoms with Gasteiger partial charge in [-0.3, -0.25) is 14.9 Å². The van der Waals surface area contributed by atoms with Crippen LogP contribution in [-0.4, -0.2) is 16.9 Å². The highest BCUT2D eigenvalue weighted by atomic mass is 35.5. The molecule has 0 unspecified atom stereocenters. The van der Waals surface area contributed by atoms with E-state index in [9.17, 15) is 9.59 Å². The van der Waals surface area contributed by atoms with Gasteiger partial charge in [-0.05, 0) is 66.3 Å². The first-order chi connectivity index (χ1) is 16.0. The second-order valence-electron chi connectivity index (χ2n) is 7.01. The van der Waals surface area contributed by atoms with Crippen molar-refractivity contribution >= 4 is 69.2 Å². The van der Waals surface area contributed by atoms with E-state index in [-0.39, 0.29) is 22.7 Å². The third-order valence-corrected chi connectivity index (χ3v) is 5.02. The van der Waals surface area contributed by atoms with E-state index in [1.807, 2.05) is 18.2 Å². The van der Waals surface area contributed by atoms with Crippen LogP contribution in [0.5, 0.6) is 0 Å². The van der Waals surface area contributed by atoms with Gasteiger partial charge in [0.2, 0.25) is 5.91 Å². The molecule has 0 bridgehead atoms. The van der Waals surface area contributed by atoms with Gasteiger partial charge in [0.05, 0.1) is 0 Å². The fourth-order valence-electron chi connectivity index (χ4n) is 3.02. The smallest absolute Gasteiger partial charge is 0.291 e. The first kappa shape index (κ1) is 22.3. The zero-order valence-corrected chi connectivity index (χ0v) is 18.7. The predicted molar refractivity (Wildman–Crippen MR) is 135 cm³/mol. The number of rotatable bonds is 5. The molecule has 0 saturated heterocycles. The second-order valence-corrected chi connectivity index (χ2v) is 7.86. The Morgan fingerprint density at radius 2 is 1.61 bits per heavy atom. The Balaban J connectivity index is 1.34. The van der Waals surface area contributed by atoms with Crippen LogP contribution in [0, 0.1) is 0 Å². The van der Waals surface area contributed by atoms with Crippen LogP contribution in [0.2, 0.25) is 5.02 Å². The molecule has 1 heterocycles. The molecular formula is C25H18ClN3O3S. The molecule has 0 radical (unpaired) electrons. The number of carbonyl (C=O) groups is 2. The number of carbonyl (C=O) groups excluding carboxylic acids is 2. The number of halogens is 1. The maximum atomic E-state index is 12.5. The molecule has 0 aliphatic carbocycles. The second kappa shape index (κ2) is 10.1. The lowest BCUT2D eigenvalue weighted by atomic mass is 10.2. The minimum Gasteiger partial charge on any atom is -0.451 e. The molecule has 4 aromatic rings. The lowest BCUT2D eigenvalue weighted by Crippen LogP contribution is -2.32. The molecule has 0 saturated carbocycles. The minimum absolute atomic E-state index is 0.126. The molecular weight excluding hydrogens is 458 g/mol. The number of fused-ring (bicyclic) bond motifs is 1. The summed E-state index contributed by atoms with van der Waals surface area (Å²) in [7, 11) is 0. The summed E-state index contributed by atoms with van der Waals surface area (Å²) >= 11 is 11.1. The van der Waals surface area contributed by atoms with E-state index in [1.165, 1.54) is 6.08 Å². The molecule has 3 N–H and O–H groups in total. The molecule has 4 rings (SSSR count). The van der Waals surface area contributed by atoms with Crippen LogP contribution in [-0.2, 0) is 4.79 Å². The molecule has 8 heteroatoms. The van der Waals surface area contributed by atoms with Gasteiger partial charge < -0.3 is 15.1 Å². The Morgan fingerprint density at radius 3 is 2.36 bits per heavy atom. The van der Waals surface area contributed by atoms with Gasteiger partial charge in [-0.2, -0.15) is 0 Å². The average molecular weight is 476 g/mol. The van der Waals surface area contributed by atoms with E-state index in [1.54, 1.807) is 66.7 Å². The first-order valence-electron chi connectivity index (χ1n) is 9.92. The highest BCUT2D eigenvalue weighted by Gasteiger charge is 2.12. The number of hydrogen-bond acceptors (Lipinski definition) is 4. The van der Waals surface area contributed by atoms with Gasteiger partial charge in [0, 0.05) is 27.9 Å². The van der Waals surface area contributed by atoms with Crippen LogP contribution < -0.4 is 16.0 Å². The van der Waals surface area contributed by atoms with Gasteiger partial charge in [0.1, 0.15) is 5.58 Å². The van der Waals surface area contributed by atoms with Crippen LogP contribution >= 0.6 is 23.8 Å². The summed E-state index contributed by atoms with van der Waals surface area (Å²) in [4.78, 5) is 24.7. The molecule has 1 aromatic heterocycles. The van der Waals surface area contributed by atoms with Crippen LogP contribution in [0.3, 0.4) is 0 Å². The number of hydrogen-bond donors (Lipinski definition) is 3. The summed E-state index contributed by atoms with van der Waals surface area (Å²) in [6.07, 6.45) is 3.03. The minimum atomic E-state index is -0.378. The van der Waals surface area contributed by atoms with Crippen molar-refractivity contribution in [3.8, 4) is 0 Å². The molecule has 164 valence electrons. The molecule has 6 nitrogen and oxygen atoms in total. The number of thiocarbonyl (C=S) groups is 1. The SMILES string of the molecule is O=C(/C=C/c1ccc(Cl)cc1)NC(=S)Nc1cccc(NC(=O)c2cc3ccccc3o2)c1. The normalized spacial score (nSPS) is 10.8. The highest BCUT2D eigenvalue weighted by Crippen LogP contribution is 2.21. The standard InChI is InChI=1S/C25H18ClN3O3S/c26-18-11-8-16(9-12-18)10-13-23(30)29-25(33)28-20-6-3-5-19(15-20)27-24(31)22-14-17-4-1-2-7-21(17)32-22/h1-15H,(H,27,31)(H2,28,29,30,33)/b13-10+. The van der Waals surface area contributed by atoms with Gasteiger partial charge in [-0.15, -0.1) is 0 Å². The molecule has 2 amide bonds. The summed E-state index contributed by atoms with van der Waals surface area (Å²) < 4.78 is 5.59. The van der Waals surface area contributed by atoms with Crippen molar-refractivity contribution in [2.24, 2.45) is 0 Å². The quantitative estimate of drug-likeness (QED) is 0.248. The molecule has 0 spiro atoms. The maximum absolute atomic E-state index is 12.5. The van der Waals surface area contributed by atoms with E-state index in [0.29, 0.717) is 22.0 Å². The number of benzene rings is 3. The topological polar surface area (TPSA) is 83.4 Å². The highest BCUT2D eigenvalue weighted by molar-refractivity contribution is 7.80. The number of anilines is 2. The van der Waals surface area contributed by atoms with Crippen molar-refractivity contribution in [3.63, 3.8) is 0 Å². The number of nitrogens with one attached hydrogen (secondary N) is 3. The van der Waals surface area contributed by atoms with Crippen molar-refractivity contribution in [3.05, 3.63) is 101 Å². The molecule has 0 aliphatic heterocycles. The first-order valence-corrected chi connectivity index (χ1v) is 10.7. The van der Waals surface area contributed by atoms with E-state index >= 15 is 0 Å². The Morgan fingerprint density at radius 1 is 0.879 bits per heavy atom. The van der Waals surface area contributed by atoms with Crippen molar-refractivity contribution in [2.45, 2.75) is 0 Å². The molecule has 33 heavy (non-hydrogen) atoms. The zero-order valence-electron chi connectivity index (χ0n) is 17.2. The van der Waals surface area contributed by atoms with E-state index in [0.717, 1.165) is 10.9 Å². The third-order valence-electron chi connectivity index (χ3n) is 4.56. The lowest BCUT2D eigenvalue weighted by Gasteiger charge is -2.10. The van der Waals surface area contributed by atoms with Gasteiger partial charge in [-0.1, -0.05) is 48.0 Å². The number of para-hydroxylation sites is 1.